The Morgan fingerprint density at radius 1 is 0.778 bits per heavy atom. The van der Waals surface area contributed by atoms with Crippen molar-refractivity contribution >= 4 is 10.9 Å². The van der Waals surface area contributed by atoms with Crippen molar-refractivity contribution in [2.45, 2.75) is 32.1 Å². The van der Waals surface area contributed by atoms with Gasteiger partial charge in [0, 0.05) is 11.2 Å². The van der Waals surface area contributed by atoms with Crippen molar-refractivity contribution < 1.29 is 0 Å². The Labute approximate surface area is 162 Å². The largest absolute Gasteiger partial charge is 0.358 e. The van der Waals surface area contributed by atoms with Gasteiger partial charge in [-0.05, 0) is 59.7 Å². The fourth-order valence-corrected chi connectivity index (χ4v) is 4.07. The SMILES string of the molecule is CC(CCc1ccccc1)C(Cc1cc2ccccc2[nH]1)c1ccccc1. The summed E-state index contributed by atoms with van der Waals surface area (Å²) < 4.78 is 0. The summed E-state index contributed by atoms with van der Waals surface area (Å²) in [6.45, 7) is 2.41. The van der Waals surface area contributed by atoms with Gasteiger partial charge in [-0.3, -0.25) is 0 Å². The molecule has 0 aliphatic carbocycles. The van der Waals surface area contributed by atoms with Crippen LogP contribution in [0.15, 0.2) is 91.0 Å². The highest BCUT2D eigenvalue weighted by atomic mass is 14.7. The van der Waals surface area contributed by atoms with Crippen LogP contribution >= 0.6 is 0 Å². The molecule has 3 aromatic carbocycles. The van der Waals surface area contributed by atoms with Crippen LogP contribution in [0.1, 0.15) is 36.1 Å². The molecule has 0 fully saturated rings. The van der Waals surface area contributed by atoms with E-state index in [1.807, 2.05) is 0 Å². The Morgan fingerprint density at radius 2 is 1.44 bits per heavy atom. The molecule has 0 saturated heterocycles. The van der Waals surface area contributed by atoms with Crippen molar-refractivity contribution in [3.8, 4) is 0 Å². The molecule has 0 radical (unpaired) electrons. The van der Waals surface area contributed by atoms with Gasteiger partial charge in [-0.25, -0.2) is 0 Å². The molecule has 2 atom stereocenters. The van der Waals surface area contributed by atoms with Gasteiger partial charge in [0.25, 0.3) is 0 Å². The second kappa shape index (κ2) is 8.26. The molecular formula is C26H27N. The number of benzene rings is 3. The number of hydrogen-bond donors (Lipinski definition) is 1. The Morgan fingerprint density at radius 3 is 2.19 bits per heavy atom. The van der Waals surface area contributed by atoms with E-state index in [1.54, 1.807) is 0 Å². The Kier molecular flexibility index (Phi) is 5.39. The molecule has 0 saturated carbocycles. The minimum absolute atomic E-state index is 0.517. The topological polar surface area (TPSA) is 15.8 Å². The van der Waals surface area contributed by atoms with Crippen LogP contribution in [-0.2, 0) is 12.8 Å². The summed E-state index contributed by atoms with van der Waals surface area (Å²) in [5, 5.41) is 1.30. The summed E-state index contributed by atoms with van der Waals surface area (Å²) in [5.74, 6) is 1.13. The van der Waals surface area contributed by atoms with Crippen molar-refractivity contribution in [1.82, 2.24) is 4.98 Å². The standard InChI is InChI=1S/C26H27N/c1-20(16-17-21-10-4-2-5-11-21)25(22-12-6-3-7-13-22)19-24-18-23-14-8-9-15-26(23)27-24/h2-15,18,20,25,27H,16-17,19H2,1H3. The number of aryl methyl sites for hydroxylation is 1. The molecule has 2 unspecified atom stereocenters. The number of nitrogens with one attached hydrogen (secondary N) is 1. The van der Waals surface area contributed by atoms with Crippen LogP contribution < -0.4 is 0 Å². The lowest BCUT2D eigenvalue weighted by atomic mass is 9.81. The van der Waals surface area contributed by atoms with E-state index in [0.717, 1.165) is 12.8 Å². The van der Waals surface area contributed by atoms with Crippen LogP contribution in [0.2, 0.25) is 0 Å². The fourth-order valence-electron chi connectivity index (χ4n) is 4.07. The first-order valence-electron chi connectivity index (χ1n) is 9.95. The quantitative estimate of drug-likeness (QED) is 0.377. The van der Waals surface area contributed by atoms with Gasteiger partial charge in [0.15, 0.2) is 0 Å². The highest BCUT2D eigenvalue weighted by Crippen LogP contribution is 2.32. The van der Waals surface area contributed by atoms with Crippen LogP contribution in [0, 0.1) is 5.92 Å². The van der Waals surface area contributed by atoms with Gasteiger partial charge in [-0.1, -0.05) is 85.8 Å². The molecule has 0 aliphatic rings. The predicted octanol–water partition coefficient (Wildman–Crippen LogP) is 6.76. The molecular weight excluding hydrogens is 326 g/mol. The number of aromatic amines is 1. The van der Waals surface area contributed by atoms with Crippen LogP contribution in [-0.4, -0.2) is 4.98 Å². The molecule has 4 rings (SSSR count). The summed E-state index contributed by atoms with van der Waals surface area (Å²) in [4.78, 5) is 3.62. The van der Waals surface area contributed by atoms with Crippen molar-refractivity contribution in [3.63, 3.8) is 0 Å². The van der Waals surface area contributed by atoms with E-state index in [-0.39, 0.29) is 0 Å². The molecule has 1 heteroatoms. The third kappa shape index (κ3) is 4.31. The summed E-state index contributed by atoms with van der Waals surface area (Å²) in [5.41, 5.74) is 5.44. The third-order valence-electron chi connectivity index (χ3n) is 5.67. The van der Waals surface area contributed by atoms with Gasteiger partial charge in [0.2, 0.25) is 0 Å². The fraction of sp³-hybridized carbons (Fsp3) is 0.231. The Bertz CT molecular complexity index is 936. The Hall–Kier alpha value is -2.80. The predicted molar refractivity (Wildman–Crippen MR) is 115 cm³/mol. The zero-order valence-corrected chi connectivity index (χ0v) is 15.9. The van der Waals surface area contributed by atoms with E-state index in [2.05, 4.69) is 103 Å². The van der Waals surface area contributed by atoms with E-state index in [1.165, 1.54) is 34.1 Å². The molecule has 4 aromatic rings. The van der Waals surface area contributed by atoms with Crippen LogP contribution in [0.25, 0.3) is 10.9 Å². The molecule has 1 heterocycles. The van der Waals surface area contributed by atoms with Crippen LogP contribution in [0.5, 0.6) is 0 Å². The zero-order valence-electron chi connectivity index (χ0n) is 15.9. The van der Waals surface area contributed by atoms with Crippen LogP contribution in [0.4, 0.5) is 0 Å². The minimum atomic E-state index is 0.517. The first-order valence-corrected chi connectivity index (χ1v) is 9.95. The lowest BCUT2D eigenvalue weighted by molar-refractivity contribution is 0.424. The maximum atomic E-state index is 3.62. The number of H-pyrrole nitrogens is 1. The molecule has 0 spiro atoms. The molecule has 0 amide bonds. The maximum Gasteiger partial charge on any atom is 0.0456 e. The molecule has 27 heavy (non-hydrogen) atoms. The number of aromatic nitrogens is 1. The summed E-state index contributed by atoms with van der Waals surface area (Å²) in [6, 6.07) is 32.7. The molecule has 0 aliphatic heterocycles. The second-order valence-electron chi connectivity index (χ2n) is 7.60. The van der Waals surface area contributed by atoms with E-state index in [4.69, 9.17) is 0 Å². The van der Waals surface area contributed by atoms with Gasteiger partial charge in [0.1, 0.15) is 0 Å². The first-order chi connectivity index (χ1) is 13.3. The summed E-state index contributed by atoms with van der Waals surface area (Å²) in [7, 11) is 0. The highest BCUT2D eigenvalue weighted by molar-refractivity contribution is 5.80. The molecule has 136 valence electrons. The lowest BCUT2D eigenvalue weighted by Gasteiger charge is -2.24. The number of hydrogen-bond acceptors (Lipinski definition) is 0. The minimum Gasteiger partial charge on any atom is -0.358 e. The summed E-state index contributed by atoms with van der Waals surface area (Å²) >= 11 is 0. The van der Waals surface area contributed by atoms with E-state index in [9.17, 15) is 0 Å². The van der Waals surface area contributed by atoms with E-state index in [0.29, 0.717) is 11.8 Å². The first kappa shape index (κ1) is 17.6. The lowest BCUT2D eigenvalue weighted by Crippen LogP contribution is -2.14. The van der Waals surface area contributed by atoms with Crippen LogP contribution in [0.3, 0.4) is 0 Å². The van der Waals surface area contributed by atoms with Gasteiger partial charge in [-0.15, -0.1) is 0 Å². The summed E-state index contributed by atoms with van der Waals surface area (Å²) in [6.07, 6.45) is 3.39. The van der Waals surface area contributed by atoms with Crippen molar-refractivity contribution in [2.24, 2.45) is 5.92 Å². The zero-order chi connectivity index (χ0) is 18.5. The molecule has 1 N–H and O–H groups in total. The third-order valence-corrected chi connectivity index (χ3v) is 5.67. The number of para-hydroxylation sites is 1. The maximum absolute atomic E-state index is 3.62. The number of rotatable bonds is 7. The van der Waals surface area contributed by atoms with Gasteiger partial charge < -0.3 is 4.98 Å². The van der Waals surface area contributed by atoms with Crippen molar-refractivity contribution in [3.05, 3.63) is 108 Å². The second-order valence-corrected chi connectivity index (χ2v) is 7.60. The smallest absolute Gasteiger partial charge is 0.0456 e. The Balaban J connectivity index is 1.55. The average Bonchev–Trinajstić information content (AvgIpc) is 3.14. The van der Waals surface area contributed by atoms with E-state index >= 15 is 0 Å². The average molecular weight is 354 g/mol. The van der Waals surface area contributed by atoms with E-state index < -0.39 is 0 Å². The number of fused-ring (bicyclic) bond motifs is 1. The highest BCUT2D eigenvalue weighted by Gasteiger charge is 2.20. The molecule has 1 nitrogen and oxygen atoms in total. The molecule has 1 aromatic heterocycles. The van der Waals surface area contributed by atoms with Crippen molar-refractivity contribution in [2.75, 3.05) is 0 Å². The van der Waals surface area contributed by atoms with Gasteiger partial charge >= 0.3 is 0 Å². The normalized spacial score (nSPS) is 13.5. The van der Waals surface area contributed by atoms with Crippen molar-refractivity contribution in [1.29, 1.82) is 0 Å². The molecule has 0 bridgehead atoms. The monoisotopic (exact) mass is 353 g/mol. The van der Waals surface area contributed by atoms with Gasteiger partial charge in [-0.2, -0.15) is 0 Å². The van der Waals surface area contributed by atoms with Gasteiger partial charge in [0.05, 0.1) is 0 Å².